The maximum Gasteiger partial charge on any atom is 0.295 e. The number of halogens is 1. The average Bonchev–Trinajstić information content (AvgIpc) is 3.16. The molecule has 1 amide bonds. The zero-order valence-electron chi connectivity index (χ0n) is 19.6. The van der Waals surface area contributed by atoms with E-state index in [9.17, 15) is 9.59 Å². The summed E-state index contributed by atoms with van der Waals surface area (Å²) in [5, 5.41) is 0.794. The molecule has 1 atom stereocenters. The van der Waals surface area contributed by atoms with Crippen molar-refractivity contribution in [3.05, 3.63) is 98.4 Å². The van der Waals surface area contributed by atoms with E-state index in [2.05, 4.69) is 0 Å². The lowest BCUT2D eigenvalue weighted by molar-refractivity contribution is 0.0971. The normalized spacial score (nSPS) is 14.9. The predicted octanol–water partition coefficient (Wildman–Crippen LogP) is 6.30. The third kappa shape index (κ3) is 3.94. The number of anilines is 1. The van der Waals surface area contributed by atoms with Crippen LogP contribution in [0.2, 0.25) is 5.02 Å². The Balaban J connectivity index is 1.75. The van der Waals surface area contributed by atoms with Crippen molar-refractivity contribution in [2.45, 2.75) is 26.3 Å². The molecular weight excluding hydrogens is 466 g/mol. The van der Waals surface area contributed by atoms with Gasteiger partial charge in [-0.25, -0.2) is 0 Å². The molecule has 178 valence electrons. The number of ether oxygens (including phenoxy) is 2. The van der Waals surface area contributed by atoms with Crippen LogP contribution in [0, 0.1) is 6.92 Å². The topological polar surface area (TPSA) is 69.0 Å². The molecule has 0 saturated carbocycles. The number of rotatable bonds is 6. The zero-order valence-corrected chi connectivity index (χ0v) is 20.4. The largest absolute Gasteiger partial charge is 0.495 e. The first-order chi connectivity index (χ1) is 16.9. The minimum atomic E-state index is -0.715. The standard InChI is InChI=1S/C28H24ClNO5/c1-4-12-34-19-7-5-6-17(14-19)25-24-26(31)20-13-16(2)8-10-22(20)35-27(24)28(32)30(25)18-9-11-23(33-3)21(29)15-18/h5-11,13-15,25H,4,12H2,1-3H3. The molecule has 0 aliphatic carbocycles. The van der Waals surface area contributed by atoms with Crippen LogP contribution < -0.4 is 19.8 Å². The van der Waals surface area contributed by atoms with Crippen molar-refractivity contribution in [3.63, 3.8) is 0 Å². The SMILES string of the molecule is CCCOc1cccc(C2c3c(oc4ccc(C)cc4c3=O)C(=O)N2c2ccc(OC)c(Cl)c2)c1. The molecule has 1 aliphatic heterocycles. The summed E-state index contributed by atoms with van der Waals surface area (Å²) in [5.41, 5.74) is 2.63. The monoisotopic (exact) mass is 489 g/mol. The van der Waals surface area contributed by atoms with Crippen LogP contribution in [0.25, 0.3) is 11.0 Å². The first-order valence-corrected chi connectivity index (χ1v) is 11.8. The number of benzene rings is 3. The van der Waals surface area contributed by atoms with Gasteiger partial charge in [-0.05, 0) is 61.4 Å². The Bertz CT molecular complexity index is 1510. The molecule has 4 aromatic rings. The van der Waals surface area contributed by atoms with Gasteiger partial charge in [-0.3, -0.25) is 14.5 Å². The fourth-order valence-corrected chi connectivity index (χ4v) is 4.72. The van der Waals surface area contributed by atoms with E-state index < -0.39 is 11.9 Å². The van der Waals surface area contributed by atoms with Gasteiger partial charge >= 0.3 is 0 Å². The van der Waals surface area contributed by atoms with Crippen LogP contribution in [0.3, 0.4) is 0 Å². The number of fused-ring (bicyclic) bond motifs is 2. The molecule has 0 N–H and O–H groups in total. The number of amides is 1. The van der Waals surface area contributed by atoms with Gasteiger partial charge in [0.2, 0.25) is 5.76 Å². The Morgan fingerprint density at radius 3 is 2.63 bits per heavy atom. The summed E-state index contributed by atoms with van der Waals surface area (Å²) in [7, 11) is 1.53. The first-order valence-electron chi connectivity index (χ1n) is 11.4. The van der Waals surface area contributed by atoms with Crippen molar-refractivity contribution >= 4 is 34.2 Å². The molecule has 1 aliphatic rings. The predicted molar refractivity (Wildman–Crippen MR) is 136 cm³/mol. The fraction of sp³-hybridized carbons (Fsp3) is 0.214. The van der Waals surface area contributed by atoms with Crippen molar-refractivity contribution < 1.29 is 18.7 Å². The van der Waals surface area contributed by atoms with Crippen molar-refractivity contribution in [2.24, 2.45) is 0 Å². The maximum absolute atomic E-state index is 13.8. The molecule has 3 aromatic carbocycles. The van der Waals surface area contributed by atoms with Crippen LogP contribution in [0.4, 0.5) is 5.69 Å². The summed E-state index contributed by atoms with van der Waals surface area (Å²) in [5.74, 6) is 0.773. The quantitative estimate of drug-likeness (QED) is 0.318. The van der Waals surface area contributed by atoms with E-state index in [1.165, 1.54) is 7.11 Å². The summed E-state index contributed by atoms with van der Waals surface area (Å²) in [6.07, 6.45) is 0.861. The number of hydrogen-bond acceptors (Lipinski definition) is 5. The first kappa shape index (κ1) is 23.0. The highest BCUT2D eigenvalue weighted by atomic mass is 35.5. The van der Waals surface area contributed by atoms with Crippen LogP contribution in [-0.2, 0) is 0 Å². The lowest BCUT2D eigenvalue weighted by Gasteiger charge is -2.26. The van der Waals surface area contributed by atoms with E-state index in [4.69, 9.17) is 25.5 Å². The van der Waals surface area contributed by atoms with Crippen molar-refractivity contribution in [3.8, 4) is 11.5 Å². The lowest BCUT2D eigenvalue weighted by Crippen LogP contribution is -2.29. The third-order valence-corrected chi connectivity index (χ3v) is 6.38. The Labute approximate surface area is 207 Å². The van der Waals surface area contributed by atoms with E-state index in [0.29, 0.717) is 45.3 Å². The maximum atomic E-state index is 13.8. The second-order valence-corrected chi connectivity index (χ2v) is 8.90. The number of nitrogens with zero attached hydrogens (tertiary/aromatic N) is 1. The molecule has 35 heavy (non-hydrogen) atoms. The number of carbonyl (C=O) groups excluding carboxylic acids is 1. The summed E-state index contributed by atoms with van der Waals surface area (Å²) < 4.78 is 17.2. The Hall–Kier alpha value is -3.77. The number of aryl methyl sites for hydroxylation is 1. The Morgan fingerprint density at radius 1 is 1.06 bits per heavy atom. The van der Waals surface area contributed by atoms with Crippen molar-refractivity contribution in [1.29, 1.82) is 0 Å². The van der Waals surface area contributed by atoms with Gasteiger partial charge in [0.25, 0.3) is 5.91 Å². The Kier molecular flexibility index (Phi) is 5.99. The molecule has 5 rings (SSSR count). The molecule has 2 heterocycles. The highest BCUT2D eigenvalue weighted by Crippen LogP contribution is 2.43. The van der Waals surface area contributed by atoms with Crippen LogP contribution in [-0.4, -0.2) is 19.6 Å². The van der Waals surface area contributed by atoms with E-state index >= 15 is 0 Å². The fourth-order valence-electron chi connectivity index (χ4n) is 4.47. The van der Waals surface area contributed by atoms with Crippen molar-refractivity contribution in [2.75, 3.05) is 18.6 Å². The van der Waals surface area contributed by atoms with E-state index in [1.54, 1.807) is 35.2 Å². The van der Waals surface area contributed by atoms with Gasteiger partial charge in [-0.2, -0.15) is 0 Å². The van der Waals surface area contributed by atoms with Gasteiger partial charge in [-0.15, -0.1) is 0 Å². The highest BCUT2D eigenvalue weighted by Gasteiger charge is 2.44. The number of hydrogen-bond donors (Lipinski definition) is 0. The van der Waals surface area contributed by atoms with Gasteiger partial charge in [-0.1, -0.05) is 42.3 Å². The smallest absolute Gasteiger partial charge is 0.295 e. The average molecular weight is 490 g/mol. The molecule has 0 spiro atoms. The molecule has 0 fully saturated rings. The summed E-state index contributed by atoms with van der Waals surface area (Å²) in [4.78, 5) is 29.1. The second kappa shape index (κ2) is 9.12. The number of methoxy groups -OCH3 is 1. The molecule has 1 unspecified atom stereocenters. The summed E-state index contributed by atoms with van der Waals surface area (Å²) in [6, 6.07) is 17.2. The van der Waals surface area contributed by atoms with Gasteiger partial charge in [0.15, 0.2) is 5.43 Å². The molecule has 0 radical (unpaired) electrons. The second-order valence-electron chi connectivity index (χ2n) is 8.49. The van der Waals surface area contributed by atoms with Crippen LogP contribution in [0.1, 0.15) is 46.6 Å². The molecule has 6 nitrogen and oxygen atoms in total. The van der Waals surface area contributed by atoms with E-state index in [0.717, 1.165) is 17.5 Å². The van der Waals surface area contributed by atoms with Gasteiger partial charge in [0.1, 0.15) is 17.1 Å². The van der Waals surface area contributed by atoms with Crippen LogP contribution in [0.15, 0.2) is 69.9 Å². The van der Waals surface area contributed by atoms with Gasteiger partial charge in [0, 0.05) is 5.69 Å². The summed E-state index contributed by atoms with van der Waals surface area (Å²) >= 11 is 6.41. The molecule has 0 bridgehead atoms. The van der Waals surface area contributed by atoms with Gasteiger partial charge < -0.3 is 13.9 Å². The molecule has 7 heteroatoms. The molecule has 0 saturated heterocycles. The molecular formula is C28H24ClNO5. The highest BCUT2D eigenvalue weighted by molar-refractivity contribution is 6.32. The van der Waals surface area contributed by atoms with E-state index in [1.807, 2.05) is 44.2 Å². The number of carbonyl (C=O) groups is 1. The minimum Gasteiger partial charge on any atom is -0.495 e. The third-order valence-electron chi connectivity index (χ3n) is 6.09. The Morgan fingerprint density at radius 2 is 1.89 bits per heavy atom. The van der Waals surface area contributed by atoms with Crippen LogP contribution >= 0.6 is 11.6 Å². The zero-order chi connectivity index (χ0) is 24.7. The minimum absolute atomic E-state index is 0.0307. The molecule has 1 aromatic heterocycles. The van der Waals surface area contributed by atoms with Crippen molar-refractivity contribution in [1.82, 2.24) is 0 Å². The lowest BCUT2D eigenvalue weighted by atomic mass is 9.97. The van der Waals surface area contributed by atoms with E-state index in [-0.39, 0.29) is 11.2 Å². The summed E-state index contributed by atoms with van der Waals surface area (Å²) in [6.45, 7) is 4.51. The van der Waals surface area contributed by atoms with Gasteiger partial charge in [0.05, 0.1) is 35.7 Å². The van der Waals surface area contributed by atoms with Crippen LogP contribution in [0.5, 0.6) is 11.5 Å².